The van der Waals surface area contributed by atoms with Gasteiger partial charge < -0.3 is 9.84 Å². The van der Waals surface area contributed by atoms with Crippen LogP contribution in [0.15, 0.2) is 30.3 Å². The Hall–Kier alpha value is -1.77. The molecule has 0 aromatic heterocycles. The fourth-order valence-corrected chi connectivity index (χ4v) is 3.39. The zero-order chi connectivity index (χ0) is 20.3. The van der Waals surface area contributed by atoms with Gasteiger partial charge >= 0.3 is 5.97 Å². The maximum absolute atomic E-state index is 10.7. The zero-order valence-electron chi connectivity index (χ0n) is 17.8. The Bertz CT molecular complexity index is 536. The molecule has 0 radical (unpaired) electrons. The lowest BCUT2D eigenvalue weighted by Gasteiger charge is -2.09. The predicted octanol–water partition coefficient (Wildman–Crippen LogP) is 7.64. The third-order valence-electron chi connectivity index (χ3n) is 5.08. The normalized spacial score (nSPS) is 11.2. The third kappa shape index (κ3) is 13.4. The van der Waals surface area contributed by atoms with Gasteiger partial charge in [0.25, 0.3) is 0 Å². The van der Waals surface area contributed by atoms with Crippen LogP contribution in [-0.4, -0.2) is 17.7 Å². The predicted molar refractivity (Wildman–Crippen MR) is 119 cm³/mol. The van der Waals surface area contributed by atoms with Gasteiger partial charge in [0, 0.05) is 11.6 Å². The van der Waals surface area contributed by atoms with Crippen molar-refractivity contribution in [2.24, 2.45) is 0 Å². The zero-order valence-corrected chi connectivity index (χ0v) is 17.8. The van der Waals surface area contributed by atoms with E-state index in [1.54, 1.807) is 6.08 Å². The maximum atomic E-state index is 10.7. The number of ether oxygens (including phenoxy) is 1. The second kappa shape index (κ2) is 17.3. The summed E-state index contributed by atoms with van der Waals surface area (Å²) in [5.41, 5.74) is 0.815. The fraction of sp³-hybridized carbons (Fsp3) is 0.640. The second-order valence-electron chi connectivity index (χ2n) is 7.65. The molecule has 0 unspecified atom stereocenters. The quantitative estimate of drug-likeness (QED) is 0.207. The molecule has 1 rings (SSSR count). The first-order valence-electron chi connectivity index (χ1n) is 11.4. The van der Waals surface area contributed by atoms with Crippen LogP contribution in [0, 0.1) is 0 Å². The standard InChI is InChI=1S/C25H40O3/c1-2-3-4-5-6-7-8-9-10-11-12-13-14-17-22-28-24-19-16-15-18-23(24)20-21-25(26)27/h15-16,18-21H,2-14,17,22H2,1H3,(H,26,27)/b21-20+. The van der Waals surface area contributed by atoms with E-state index in [-0.39, 0.29) is 0 Å². The summed E-state index contributed by atoms with van der Waals surface area (Å²) < 4.78 is 5.83. The molecule has 1 N–H and O–H groups in total. The average Bonchev–Trinajstić information content (AvgIpc) is 2.70. The number of rotatable bonds is 18. The Morgan fingerprint density at radius 3 is 1.86 bits per heavy atom. The lowest BCUT2D eigenvalue weighted by molar-refractivity contribution is -0.131. The fourth-order valence-electron chi connectivity index (χ4n) is 3.39. The van der Waals surface area contributed by atoms with E-state index in [0.717, 1.165) is 23.8 Å². The number of aliphatic carboxylic acids is 1. The van der Waals surface area contributed by atoms with E-state index in [9.17, 15) is 4.79 Å². The van der Waals surface area contributed by atoms with Crippen molar-refractivity contribution in [1.82, 2.24) is 0 Å². The molecule has 0 heterocycles. The van der Waals surface area contributed by atoms with E-state index in [1.165, 1.54) is 83.5 Å². The molecule has 0 fully saturated rings. The molecule has 0 atom stereocenters. The Kier molecular flexibility index (Phi) is 15.0. The second-order valence-corrected chi connectivity index (χ2v) is 7.65. The summed E-state index contributed by atoms with van der Waals surface area (Å²) in [5, 5.41) is 8.75. The first-order valence-corrected chi connectivity index (χ1v) is 11.4. The van der Waals surface area contributed by atoms with Crippen molar-refractivity contribution >= 4 is 12.0 Å². The molecule has 0 aliphatic heterocycles. The van der Waals surface area contributed by atoms with Crippen molar-refractivity contribution in [3.63, 3.8) is 0 Å². The summed E-state index contributed by atoms with van der Waals surface area (Å²) in [7, 11) is 0. The number of hydrogen-bond donors (Lipinski definition) is 1. The van der Waals surface area contributed by atoms with Gasteiger partial charge in [-0.3, -0.25) is 0 Å². The number of para-hydroxylation sites is 1. The van der Waals surface area contributed by atoms with Crippen LogP contribution in [0.4, 0.5) is 0 Å². The van der Waals surface area contributed by atoms with Crippen molar-refractivity contribution in [3.05, 3.63) is 35.9 Å². The minimum Gasteiger partial charge on any atom is -0.493 e. The Labute approximate surface area is 172 Å². The largest absolute Gasteiger partial charge is 0.493 e. The first-order chi connectivity index (χ1) is 13.7. The minimum atomic E-state index is -0.943. The molecule has 1 aromatic carbocycles. The van der Waals surface area contributed by atoms with Crippen molar-refractivity contribution < 1.29 is 14.6 Å². The lowest BCUT2D eigenvalue weighted by Crippen LogP contribution is -1.99. The SMILES string of the molecule is CCCCCCCCCCCCCCCCOc1ccccc1/C=C/C(=O)O. The molecule has 0 bridgehead atoms. The number of carbonyl (C=O) groups is 1. The van der Waals surface area contributed by atoms with Gasteiger partial charge in [0.15, 0.2) is 0 Å². The van der Waals surface area contributed by atoms with Crippen LogP contribution in [-0.2, 0) is 4.79 Å². The van der Waals surface area contributed by atoms with Crippen LogP contribution in [0.3, 0.4) is 0 Å². The van der Waals surface area contributed by atoms with Crippen LogP contribution in [0.25, 0.3) is 6.08 Å². The van der Waals surface area contributed by atoms with Crippen molar-refractivity contribution in [1.29, 1.82) is 0 Å². The van der Waals surface area contributed by atoms with Gasteiger partial charge in [-0.05, 0) is 18.6 Å². The van der Waals surface area contributed by atoms with Gasteiger partial charge in [0.05, 0.1) is 6.61 Å². The van der Waals surface area contributed by atoms with E-state index in [4.69, 9.17) is 9.84 Å². The number of carboxylic acid groups (broad SMARTS) is 1. The summed E-state index contributed by atoms with van der Waals surface area (Å²) >= 11 is 0. The maximum Gasteiger partial charge on any atom is 0.328 e. The highest BCUT2D eigenvalue weighted by molar-refractivity contribution is 5.85. The van der Waals surface area contributed by atoms with Crippen LogP contribution < -0.4 is 4.74 Å². The van der Waals surface area contributed by atoms with Crippen molar-refractivity contribution in [2.45, 2.75) is 96.8 Å². The summed E-state index contributed by atoms with van der Waals surface area (Å²) in [6.07, 6.45) is 21.6. The summed E-state index contributed by atoms with van der Waals surface area (Å²) in [5.74, 6) is -0.184. The smallest absolute Gasteiger partial charge is 0.328 e. The molecule has 0 amide bonds. The van der Waals surface area contributed by atoms with E-state index in [2.05, 4.69) is 6.92 Å². The molecule has 158 valence electrons. The molecule has 0 saturated carbocycles. The topological polar surface area (TPSA) is 46.5 Å². The van der Waals surface area contributed by atoms with Crippen molar-refractivity contribution in [3.8, 4) is 5.75 Å². The Morgan fingerprint density at radius 2 is 1.32 bits per heavy atom. The van der Waals surface area contributed by atoms with Gasteiger partial charge in [-0.15, -0.1) is 0 Å². The highest BCUT2D eigenvalue weighted by atomic mass is 16.5. The molecule has 0 saturated heterocycles. The number of unbranched alkanes of at least 4 members (excludes halogenated alkanes) is 13. The molecule has 0 aliphatic carbocycles. The number of benzene rings is 1. The highest BCUT2D eigenvalue weighted by Crippen LogP contribution is 2.20. The van der Waals surface area contributed by atoms with E-state index < -0.39 is 5.97 Å². The molecule has 3 nitrogen and oxygen atoms in total. The summed E-state index contributed by atoms with van der Waals surface area (Å²) in [6.45, 7) is 2.96. The minimum absolute atomic E-state index is 0.690. The van der Waals surface area contributed by atoms with E-state index in [0.29, 0.717) is 6.61 Å². The Morgan fingerprint density at radius 1 is 0.821 bits per heavy atom. The van der Waals surface area contributed by atoms with Crippen LogP contribution in [0.5, 0.6) is 5.75 Å². The van der Waals surface area contributed by atoms with E-state index >= 15 is 0 Å². The van der Waals surface area contributed by atoms with Crippen LogP contribution in [0.1, 0.15) is 102 Å². The molecule has 3 heteroatoms. The van der Waals surface area contributed by atoms with Gasteiger partial charge in [0.2, 0.25) is 0 Å². The Balaban J connectivity index is 1.95. The van der Waals surface area contributed by atoms with Gasteiger partial charge in [-0.25, -0.2) is 4.79 Å². The average molecular weight is 389 g/mol. The third-order valence-corrected chi connectivity index (χ3v) is 5.08. The number of carboxylic acids is 1. The lowest BCUT2D eigenvalue weighted by atomic mass is 10.0. The van der Waals surface area contributed by atoms with Gasteiger partial charge in [-0.1, -0.05) is 109 Å². The molecule has 0 spiro atoms. The highest BCUT2D eigenvalue weighted by Gasteiger charge is 2.00. The molecule has 28 heavy (non-hydrogen) atoms. The first kappa shape index (κ1) is 24.3. The molecule has 0 aliphatic rings. The van der Waals surface area contributed by atoms with Crippen LogP contribution >= 0.6 is 0 Å². The van der Waals surface area contributed by atoms with E-state index in [1.807, 2.05) is 24.3 Å². The van der Waals surface area contributed by atoms with Gasteiger partial charge in [-0.2, -0.15) is 0 Å². The van der Waals surface area contributed by atoms with Crippen molar-refractivity contribution in [2.75, 3.05) is 6.61 Å². The molecular weight excluding hydrogens is 348 g/mol. The molecular formula is C25H40O3. The molecule has 1 aromatic rings. The monoisotopic (exact) mass is 388 g/mol. The summed E-state index contributed by atoms with van der Waals surface area (Å²) in [4.78, 5) is 10.7. The van der Waals surface area contributed by atoms with Gasteiger partial charge in [0.1, 0.15) is 5.75 Å². The summed E-state index contributed by atoms with van der Waals surface area (Å²) in [6, 6.07) is 7.57. The number of hydrogen-bond acceptors (Lipinski definition) is 2. The van der Waals surface area contributed by atoms with Crippen LogP contribution in [0.2, 0.25) is 0 Å².